The SMILES string of the molecule is COc1cnc(-c2ccccn2)nc1C(OC(C)C)(C(=O)O)C(O)C(=O)O.N. The topological polar surface area (TPSA) is 187 Å². The van der Waals surface area contributed by atoms with Gasteiger partial charge in [0.25, 0.3) is 0 Å². The molecule has 0 fully saturated rings. The van der Waals surface area contributed by atoms with E-state index in [9.17, 15) is 24.9 Å². The summed E-state index contributed by atoms with van der Waals surface area (Å²) in [7, 11) is 1.23. The van der Waals surface area contributed by atoms with Crippen LogP contribution in [-0.2, 0) is 19.9 Å². The number of ether oxygens (including phenoxy) is 2. The zero-order valence-electron chi connectivity index (χ0n) is 15.6. The van der Waals surface area contributed by atoms with Gasteiger partial charge in [0.2, 0.25) is 5.60 Å². The quantitative estimate of drug-likeness (QED) is 0.497. The normalized spacial score (nSPS) is 13.9. The van der Waals surface area contributed by atoms with Crippen molar-refractivity contribution in [3.8, 4) is 17.3 Å². The maximum atomic E-state index is 12.1. The largest absolute Gasteiger partial charge is 0.493 e. The summed E-state index contributed by atoms with van der Waals surface area (Å²) < 4.78 is 10.5. The first-order chi connectivity index (χ1) is 12.7. The molecule has 11 nitrogen and oxygen atoms in total. The van der Waals surface area contributed by atoms with E-state index in [1.165, 1.54) is 33.4 Å². The third-order valence-electron chi connectivity index (χ3n) is 3.58. The Labute approximate surface area is 160 Å². The molecule has 0 amide bonds. The van der Waals surface area contributed by atoms with E-state index in [4.69, 9.17) is 9.47 Å². The molecule has 2 rings (SSSR count). The van der Waals surface area contributed by atoms with Gasteiger partial charge in [-0.3, -0.25) is 4.98 Å². The molecule has 0 bridgehead atoms. The van der Waals surface area contributed by atoms with Crippen LogP contribution in [0.4, 0.5) is 0 Å². The first-order valence-electron chi connectivity index (χ1n) is 7.89. The fourth-order valence-electron chi connectivity index (χ4n) is 2.47. The molecule has 2 heterocycles. The molecule has 0 aliphatic carbocycles. The van der Waals surface area contributed by atoms with Gasteiger partial charge in [0.15, 0.2) is 17.7 Å². The highest BCUT2D eigenvalue weighted by Crippen LogP contribution is 2.37. The van der Waals surface area contributed by atoms with Crippen molar-refractivity contribution in [2.75, 3.05) is 7.11 Å². The van der Waals surface area contributed by atoms with Crippen molar-refractivity contribution < 1.29 is 34.4 Å². The number of methoxy groups -OCH3 is 1. The number of aliphatic carboxylic acids is 2. The van der Waals surface area contributed by atoms with E-state index in [1.54, 1.807) is 18.2 Å². The van der Waals surface area contributed by atoms with Crippen LogP contribution in [0.5, 0.6) is 5.75 Å². The molecule has 2 unspecified atom stereocenters. The zero-order valence-corrected chi connectivity index (χ0v) is 15.6. The molecule has 0 aliphatic rings. The highest BCUT2D eigenvalue weighted by Gasteiger charge is 2.56. The number of hydrogen-bond acceptors (Lipinski definition) is 9. The van der Waals surface area contributed by atoms with Crippen molar-refractivity contribution in [2.24, 2.45) is 0 Å². The maximum Gasteiger partial charge on any atom is 0.345 e. The number of carboxylic acids is 2. The number of hydrogen-bond donors (Lipinski definition) is 4. The van der Waals surface area contributed by atoms with E-state index in [-0.39, 0.29) is 17.7 Å². The number of nitrogens with zero attached hydrogens (tertiary/aromatic N) is 3. The van der Waals surface area contributed by atoms with Crippen LogP contribution in [0.2, 0.25) is 0 Å². The maximum absolute atomic E-state index is 12.1. The Balaban J connectivity index is 0.00000392. The van der Waals surface area contributed by atoms with Crippen molar-refractivity contribution in [3.63, 3.8) is 0 Å². The first kappa shape index (κ1) is 22.9. The lowest BCUT2D eigenvalue weighted by Crippen LogP contribution is -2.54. The van der Waals surface area contributed by atoms with Crippen molar-refractivity contribution in [1.29, 1.82) is 0 Å². The molecule has 0 radical (unpaired) electrons. The standard InChI is InChI=1S/C17H19N3O7.H3N/c1-9(2)27-17(16(24)25,13(21)15(22)23)12-11(26-3)8-19-14(20-12)10-6-4-5-7-18-10;/h4-9,13,21H,1-3H3,(H,22,23)(H,24,25);1H3. The number of rotatable bonds is 8. The monoisotopic (exact) mass is 394 g/mol. The minimum atomic E-state index is -2.72. The zero-order chi connectivity index (χ0) is 20.2. The van der Waals surface area contributed by atoms with Gasteiger partial charge in [0.1, 0.15) is 11.4 Å². The van der Waals surface area contributed by atoms with Gasteiger partial charge >= 0.3 is 11.9 Å². The van der Waals surface area contributed by atoms with Crippen LogP contribution in [0.1, 0.15) is 19.5 Å². The molecular formula is C17H22N4O7. The summed E-state index contributed by atoms with van der Waals surface area (Å²) in [6.07, 6.45) is -0.558. The van der Waals surface area contributed by atoms with Gasteiger partial charge < -0.3 is 30.9 Å². The summed E-state index contributed by atoms with van der Waals surface area (Å²) in [4.78, 5) is 35.9. The van der Waals surface area contributed by atoms with E-state index in [1.807, 2.05) is 0 Å². The second-order valence-corrected chi connectivity index (χ2v) is 5.77. The average Bonchev–Trinajstić information content (AvgIpc) is 2.65. The van der Waals surface area contributed by atoms with Gasteiger partial charge in [-0.15, -0.1) is 0 Å². The van der Waals surface area contributed by atoms with Crippen molar-refractivity contribution in [1.82, 2.24) is 21.1 Å². The van der Waals surface area contributed by atoms with Crippen LogP contribution < -0.4 is 10.9 Å². The van der Waals surface area contributed by atoms with E-state index >= 15 is 0 Å². The average molecular weight is 394 g/mol. The highest BCUT2D eigenvalue weighted by molar-refractivity contribution is 5.89. The molecule has 0 saturated carbocycles. The van der Waals surface area contributed by atoms with Gasteiger partial charge in [-0.2, -0.15) is 0 Å². The van der Waals surface area contributed by atoms with E-state index in [0.717, 1.165) is 0 Å². The number of pyridine rings is 1. The smallest absolute Gasteiger partial charge is 0.345 e. The van der Waals surface area contributed by atoms with Gasteiger partial charge in [-0.05, 0) is 26.0 Å². The number of aromatic nitrogens is 3. The van der Waals surface area contributed by atoms with E-state index < -0.39 is 35.4 Å². The summed E-state index contributed by atoms with van der Waals surface area (Å²) in [6, 6.07) is 4.94. The van der Waals surface area contributed by atoms with Crippen molar-refractivity contribution >= 4 is 11.9 Å². The van der Waals surface area contributed by atoms with Crippen LogP contribution in [0.15, 0.2) is 30.6 Å². The molecule has 152 valence electrons. The lowest BCUT2D eigenvalue weighted by atomic mass is 9.90. The molecule has 2 atom stereocenters. The van der Waals surface area contributed by atoms with Crippen LogP contribution >= 0.6 is 0 Å². The van der Waals surface area contributed by atoms with E-state index in [2.05, 4.69) is 15.0 Å². The second kappa shape index (κ2) is 9.17. The Morgan fingerprint density at radius 2 is 1.86 bits per heavy atom. The predicted octanol–water partition coefficient (Wildman–Crippen LogP) is 0.860. The summed E-state index contributed by atoms with van der Waals surface area (Å²) in [6.45, 7) is 3.00. The summed E-state index contributed by atoms with van der Waals surface area (Å²) in [5.41, 5.74) is -2.84. The van der Waals surface area contributed by atoms with Gasteiger partial charge in [-0.25, -0.2) is 19.6 Å². The fourth-order valence-corrected chi connectivity index (χ4v) is 2.47. The molecular weight excluding hydrogens is 372 g/mol. The van der Waals surface area contributed by atoms with Crippen molar-refractivity contribution in [3.05, 3.63) is 36.3 Å². The van der Waals surface area contributed by atoms with E-state index in [0.29, 0.717) is 5.69 Å². The number of aliphatic hydroxyl groups is 1. The lowest BCUT2D eigenvalue weighted by molar-refractivity contribution is -0.204. The van der Waals surface area contributed by atoms with Crippen LogP contribution in [0.3, 0.4) is 0 Å². The van der Waals surface area contributed by atoms with Crippen LogP contribution in [0.25, 0.3) is 11.5 Å². The first-order valence-corrected chi connectivity index (χ1v) is 7.89. The molecule has 28 heavy (non-hydrogen) atoms. The predicted molar refractivity (Wildman–Crippen MR) is 96.0 cm³/mol. The minimum Gasteiger partial charge on any atom is -0.493 e. The summed E-state index contributed by atoms with van der Waals surface area (Å²) >= 11 is 0. The Morgan fingerprint density at radius 3 is 2.32 bits per heavy atom. The third kappa shape index (κ3) is 4.22. The Morgan fingerprint density at radius 1 is 1.18 bits per heavy atom. The summed E-state index contributed by atoms with van der Waals surface area (Å²) in [5.74, 6) is -3.67. The van der Waals surface area contributed by atoms with Crippen LogP contribution in [-0.4, -0.2) is 61.5 Å². The fraction of sp³-hybridized carbons (Fsp3) is 0.353. The molecule has 6 N–H and O–H groups in total. The Hall–Kier alpha value is -3.15. The number of carbonyl (C=O) groups is 2. The molecule has 2 aromatic heterocycles. The lowest BCUT2D eigenvalue weighted by Gasteiger charge is -2.33. The molecule has 2 aromatic rings. The number of aliphatic hydroxyl groups excluding tert-OH is 1. The molecule has 0 saturated heterocycles. The number of carboxylic acid groups (broad SMARTS) is 2. The van der Waals surface area contributed by atoms with Gasteiger partial charge in [0.05, 0.1) is 19.4 Å². The molecule has 11 heteroatoms. The third-order valence-corrected chi connectivity index (χ3v) is 3.58. The van der Waals surface area contributed by atoms with Gasteiger partial charge in [0, 0.05) is 6.20 Å². The molecule has 0 spiro atoms. The Bertz CT molecular complexity index is 832. The highest BCUT2D eigenvalue weighted by atomic mass is 16.6. The van der Waals surface area contributed by atoms with Gasteiger partial charge in [-0.1, -0.05) is 6.07 Å². The summed E-state index contributed by atoms with van der Waals surface area (Å²) in [5, 5.41) is 29.4. The van der Waals surface area contributed by atoms with Crippen LogP contribution in [0, 0.1) is 0 Å². The minimum absolute atomic E-state index is 0. The van der Waals surface area contributed by atoms with Crippen molar-refractivity contribution in [2.45, 2.75) is 31.7 Å². The second-order valence-electron chi connectivity index (χ2n) is 5.77. The molecule has 0 aliphatic heterocycles. The Kier molecular flexibility index (Phi) is 7.50. The molecule has 0 aromatic carbocycles.